The van der Waals surface area contributed by atoms with Gasteiger partial charge in [0.15, 0.2) is 12.1 Å². The average molecular weight is 353 g/mol. The van der Waals surface area contributed by atoms with E-state index in [9.17, 15) is 5.11 Å². The van der Waals surface area contributed by atoms with Gasteiger partial charge < -0.3 is 24.1 Å². The third kappa shape index (κ3) is 3.45. The molecule has 1 aromatic carbocycles. The maximum absolute atomic E-state index is 10.9. The van der Waals surface area contributed by atoms with Gasteiger partial charge in [0, 0.05) is 7.11 Å². The summed E-state index contributed by atoms with van der Waals surface area (Å²) >= 11 is 0. The molecule has 3 rings (SSSR count). The highest BCUT2D eigenvalue weighted by Gasteiger charge is 2.57. The average Bonchev–Trinajstić information content (AvgIpc) is 3.00. The Hall–Kier alpha value is -0.763. The van der Waals surface area contributed by atoms with Gasteiger partial charge in [0.1, 0.15) is 18.3 Å². The fraction of sp³-hybridized carbons (Fsp3) is 0.667. The Bertz CT molecular complexity index is 562. The molecule has 1 N–H and O–H groups in total. The van der Waals surface area contributed by atoms with Crippen molar-refractivity contribution in [3.63, 3.8) is 0 Å². The van der Waals surface area contributed by atoms with E-state index in [0.717, 1.165) is 0 Å². The zero-order valence-corrected chi connectivity index (χ0v) is 16.1. The quantitative estimate of drug-likeness (QED) is 0.820. The second-order valence-corrected chi connectivity index (χ2v) is 12.5. The number of aliphatic hydroxyl groups is 1. The van der Waals surface area contributed by atoms with Crippen LogP contribution in [0, 0.1) is 0 Å². The van der Waals surface area contributed by atoms with Crippen molar-refractivity contribution in [2.45, 2.75) is 69.5 Å². The van der Waals surface area contributed by atoms with Crippen LogP contribution in [-0.2, 0) is 18.9 Å². The molecule has 0 aliphatic carbocycles. The molecule has 2 saturated heterocycles. The number of rotatable bonds is 5. The predicted octanol–water partition coefficient (Wildman–Crippen LogP) is 1.85. The minimum Gasteiger partial charge on any atom is -0.391 e. The summed E-state index contributed by atoms with van der Waals surface area (Å²) in [6.45, 7) is 8.29. The van der Waals surface area contributed by atoms with E-state index in [1.165, 1.54) is 5.19 Å². The molecule has 0 spiro atoms. The smallest absolute Gasteiger partial charge is 0.186 e. The van der Waals surface area contributed by atoms with Crippen LogP contribution in [-0.4, -0.2) is 56.8 Å². The van der Waals surface area contributed by atoms with Crippen LogP contribution in [0.15, 0.2) is 30.3 Å². The maximum atomic E-state index is 10.9. The van der Waals surface area contributed by atoms with Crippen molar-refractivity contribution in [2.75, 3.05) is 7.11 Å². The van der Waals surface area contributed by atoms with E-state index in [1.54, 1.807) is 7.11 Å². The lowest BCUT2D eigenvalue weighted by molar-refractivity contribution is -0.235. The molecule has 0 amide bonds. The van der Waals surface area contributed by atoms with Gasteiger partial charge in [0.25, 0.3) is 0 Å². The predicted molar refractivity (Wildman–Crippen MR) is 93.9 cm³/mol. The summed E-state index contributed by atoms with van der Waals surface area (Å²) in [5.74, 6) is -0.680. The largest absolute Gasteiger partial charge is 0.391 e. The number of hydrogen-bond donors (Lipinski definition) is 1. The molecule has 2 fully saturated rings. The van der Waals surface area contributed by atoms with Gasteiger partial charge in [-0.15, -0.1) is 0 Å². The highest BCUT2D eigenvalue weighted by atomic mass is 28.3. The van der Waals surface area contributed by atoms with Gasteiger partial charge in [-0.1, -0.05) is 48.6 Å². The Morgan fingerprint density at radius 3 is 2.42 bits per heavy atom. The van der Waals surface area contributed by atoms with Crippen LogP contribution in [0.2, 0.25) is 19.1 Å². The molecular formula is C18H28O5Si. The van der Waals surface area contributed by atoms with E-state index in [1.807, 2.05) is 19.9 Å². The summed E-state index contributed by atoms with van der Waals surface area (Å²) < 4.78 is 23.2. The Balaban J connectivity index is 1.74. The highest BCUT2D eigenvalue weighted by molar-refractivity contribution is 6.89. The monoisotopic (exact) mass is 352 g/mol. The van der Waals surface area contributed by atoms with Crippen molar-refractivity contribution in [3.05, 3.63) is 30.3 Å². The first kappa shape index (κ1) is 18.0. The number of hydrogen-bond acceptors (Lipinski definition) is 5. The van der Waals surface area contributed by atoms with Gasteiger partial charge in [0.2, 0.25) is 0 Å². The van der Waals surface area contributed by atoms with E-state index in [4.69, 9.17) is 18.9 Å². The molecule has 0 radical (unpaired) electrons. The Morgan fingerprint density at radius 2 is 1.79 bits per heavy atom. The van der Waals surface area contributed by atoms with Crippen molar-refractivity contribution >= 4 is 13.3 Å². The van der Waals surface area contributed by atoms with Crippen LogP contribution in [0.1, 0.15) is 13.8 Å². The lowest BCUT2D eigenvalue weighted by Crippen LogP contribution is -2.48. The van der Waals surface area contributed by atoms with Crippen molar-refractivity contribution in [3.8, 4) is 0 Å². The van der Waals surface area contributed by atoms with Gasteiger partial charge in [-0.2, -0.15) is 0 Å². The lowest BCUT2D eigenvalue weighted by atomic mass is 10.1. The van der Waals surface area contributed by atoms with Crippen LogP contribution in [0.25, 0.3) is 0 Å². The zero-order valence-electron chi connectivity index (χ0n) is 15.1. The molecule has 0 unspecified atom stereocenters. The Labute approximate surface area is 144 Å². The highest BCUT2D eigenvalue weighted by Crippen LogP contribution is 2.40. The van der Waals surface area contributed by atoms with E-state index >= 15 is 0 Å². The van der Waals surface area contributed by atoms with E-state index in [2.05, 4.69) is 37.4 Å². The third-order valence-electron chi connectivity index (χ3n) is 4.93. The van der Waals surface area contributed by atoms with Crippen molar-refractivity contribution in [1.29, 1.82) is 0 Å². The molecule has 6 heteroatoms. The van der Waals surface area contributed by atoms with E-state index in [-0.39, 0.29) is 12.2 Å². The van der Waals surface area contributed by atoms with Crippen LogP contribution in [0.3, 0.4) is 0 Å². The van der Waals surface area contributed by atoms with E-state index < -0.39 is 32.4 Å². The molecule has 0 bridgehead atoms. The minimum atomic E-state index is -1.79. The Kier molecular flexibility index (Phi) is 4.90. The van der Waals surface area contributed by atoms with Crippen molar-refractivity contribution in [2.24, 2.45) is 0 Å². The number of aliphatic hydroxyl groups excluding tert-OH is 1. The third-order valence-corrected chi connectivity index (χ3v) is 8.27. The SMILES string of the molecule is CO[C@@H]1O[C@@H]([C@@H](O)C[Si](C)(C)c2ccccc2)[C@H]2OC(C)(C)O[C@@H]12. The molecule has 2 aliphatic heterocycles. The summed E-state index contributed by atoms with van der Waals surface area (Å²) in [5.41, 5.74) is 0. The topological polar surface area (TPSA) is 57.2 Å². The van der Waals surface area contributed by atoms with Gasteiger partial charge in [-0.25, -0.2) is 0 Å². The lowest BCUT2D eigenvalue weighted by Gasteiger charge is -2.31. The first-order chi connectivity index (χ1) is 11.2. The molecule has 5 atom stereocenters. The fourth-order valence-electron chi connectivity index (χ4n) is 3.74. The summed E-state index contributed by atoms with van der Waals surface area (Å²) in [4.78, 5) is 0. The first-order valence-electron chi connectivity index (χ1n) is 8.51. The second kappa shape index (κ2) is 6.51. The summed E-state index contributed by atoms with van der Waals surface area (Å²) in [6, 6.07) is 11.1. The van der Waals surface area contributed by atoms with Crippen LogP contribution < -0.4 is 5.19 Å². The number of ether oxygens (including phenoxy) is 4. The van der Waals surface area contributed by atoms with Gasteiger partial charge >= 0.3 is 0 Å². The molecule has 0 saturated carbocycles. The summed E-state index contributed by atoms with van der Waals surface area (Å²) in [6.07, 6.45) is -2.15. The normalized spacial score (nSPS) is 33.4. The fourth-order valence-corrected chi connectivity index (χ4v) is 6.35. The second-order valence-electron chi connectivity index (χ2n) is 7.79. The molecule has 5 nitrogen and oxygen atoms in total. The standard InChI is InChI=1S/C18H28O5Si/c1-18(2)22-15-14(21-17(20-3)16(15)23-18)13(19)11-24(4,5)12-9-7-6-8-10-12/h6-10,13-17,19H,11H2,1-5H3/t13-,14-,15+,16+,17+/m0/s1. The molecular weight excluding hydrogens is 324 g/mol. The minimum absolute atomic E-state index is 0.300. The van der Waals surface area contributed by atoms with Crippen LogP contribution in [0.4, 0.5) is 0 Å². The van der Waals surface area contributed by atoms with Crippen molar-refractivity contribution in [1.82, 2.24) is 0 Å². The number of fused-ring (bicyclic) bond motifs is 1. The number of methoxy groups -OCH3 is 1. The molecule has 2 aliphatic rings. The number of benzene rings is 1. The maximum Gasteiger partial charge on any atom is 0.186 e. The molecule has 134 valence electrons. The van der Waals surface area contributed by atoms with E-state index in [0.29, 0.717) is 6.04 Å². The molecule has 1 aromatic rings. The molecule has 2 heterocycles. The van der Waals surface area contributed by atoms with Gasteiger partial charge in [-0.05, 0) is 19.9 Å². The summed E-state index contributed by atoms with van der Waals surface area (Å²) in [5, 5.41) is 12.2. The zero-order chi connectivity index (χ0) is 17.5. The first-order valence-corrected chi connectivity index (χ1v) is 11.7. The Morgan fingerprint density at radius 1 is 1.17 bits per heavy atom. The van der Waals surface area contributed by atoms with Crippen molar-refractivity contribution < 1.29 is 24.1 Å². The molecule has 0 aromatic heterocycles. The van der Waals surface area contributed by atoms with Gasteiger partial charge in [-0.3, -0.25) is 0 Å². The van der Waals surface area contributed by atoms with Crippen LogP contribution >= 0.6 is 0 Å². The molecule has 24 heavy (non-hydrogen) atoms. The van der Waals surface area contributed by atoms with Crippen LogP contribution in [0.5, 0.6) is 0 Å². The van der Waals surface area contributed by atoms with Gasteiger partial charge in [0.05, 0.1) is 14.2 Å². The summed E-state index contributed by atoms with van der Waals surface area (Å²) in [7, 11) is -0.198.